The Morgan fingerprint density at radius 2 is 1.71 bits per heavy atom. The Bertz CT molecular complexity index is 1410. The molecule has 5 nitrogen and oxygen atoms in total. The number of H-pyrrole nitrogens is 1. The Morgan fingerprint density at radius 1 is 0.912 bits per heavy atom. The molecule has 2 heterocycles. The summed E-state index contributed by atoms with van der Waals surface area (Å²) >= 11 is 0. The predicted molar refractivity (Wildman–Crippen MR) is 131 cm³/mol. The number of aromatic amines is 1. The van der Waals surface area contributed by atoms with Crippen molar-refractivity contribution in [3.63, 3.8) is 0 Å². The largest absolute Gasteiger partial charge is 0.490 e. The molecule has 0 atom stereocenters. The number of nitrogens with one attached hydrogen (secondary N) is 1. The quantitative estimate of drug-likeness (QED) is 0.294. The average Bonchev–Trinajstić information content (AvgIpc) is 3.27. The van der Waals surface area contributed by atoms with E-state index >= 15 is 0 Å². The second-order valence-corrected chi connectivity index (χ2v) is 8.29. The van der Waals surface area contributed by atoms with Crippen LogP contribution < -0.4 is 9.47 Å². The third kappa shape index (κ3) is 4.76. The maximum absolute atomic E-state index is 13.3. The SMILES string of the molecule is CC(C)Oc1ccc(OCc2ccccc2)cc1-c1nc2ncc(-c3ccc(F)cc3)cc2[nH]1. The summed E-state index contributed by atoms with van der Waals surface area (Å²) < 4.78 is 25.4. The summed E-state index contributed by atoms with van der Waals surface area (Å²) in [4.78, 5) is 12.6. The molecule has 0 radical (unpaired) electrons. The summed E-state index contributed by atoms with van der Waals surface area (Å²) in [6, 6.07) is 24.1. The predicted octanol–water partition coefficient (Wildman–Crippen LogP) is 6.80. The molecule has 0 aliphatic heterocycles. The van der Waals surface area contributed by atoms with E-state index in [2.05, 4.69) is 9.97 Å². The summed E-state index contributed by atoms with van der Waals surface area (Å²) in [5.74, 6) is 1.79. The smallest absolute Gasteiger partial charge is 0.178 e. The van der Waals surface area contributed by atoms with Crippen molar-refractivity contribution in [2.75, 3.05) is 0 Å². The number of halogens is 1. The van der Waals surface area contributed by atoms with E-state index < -0.39 is 0 Å². The molecule has 5 rings (SSSR count). The summed E-state index contributed by atoms with van der Waals surface area (Å²) in [5, 5.41) is 0. The van der Waals surface area contributed by atoms with Crippen LogP contribution in [-0.2, 0) is 6.61 Å². The zero-order valence-electron chi connectivity index (χ0n) is 19.0. The molecule has 2 aromatic heterocycles. The van der Waals surface area contributed by atoms with E-state index in [1.807, 2.05) is 68.4 Å². The minimum Gasteiger partial charge on any atom is -0.490 e. The minimum atomic E-state index is -0.270. The number of nitrogens with zero attached hydrogens (tertiary/aromatic N) is 2. The first-order chi connectivity index (χ1) is 16.5. The van der Waals surface area contributed by atoms with Crippen molar-refractivity contribution in [2.45, 2.75) is 26.6 Å². The fourth-order valence-electron chi connectivity index (χ4n) is 3.71. The lowest BCUT2D eigenvalue weighted by atomic mass is 10.1. The van der Waals surface area contributed by atoms with Crippen LogP contribution in [-0.4, -0.2) is 21.1 Å². The molecule has 0 fully saturated rings. The molecule has 5 aromatic rings. The molecule has 6 heteroatoms. The monoisotopic (exact) mass is 453 g/mol. The van der Waals surface area contributed by atoms with E-state index in [1.165, 1.54) is 12.1 Å². The number of benzene rings is 3. The molecular weight excluding hydrogens is 429 g/mol. The number of imidazole rings is 1. The van der Waals surface area contributed by atoms with Gasteiger partial charge < -0.3 is 14.5 Å². The highest BCUT2D eigenvalue weighted by Crippen LogP contribution is 2.34. The molecule has 0 unspecified atom stereocenters. The summed E-state index contributed by atoms with van der Waals surface area (Å²) in [7, 11) is 0. The van der Waals surface area contributed by atoms with Crippen LogP contribution in [0.25, 0.3) is 33.7 Å². The van der Waals surface area contributed by atoms with Gasteiger partial charge in [0.05, 0.1) is 17.2 Å². The number of rotatable bonds is 7. The second kappa shape index (κ2) is 9.35. The van der Waals surface area contributed by atoms with E-state index in [-0.39, 0.29) is 11.9 Å². The van der Waals surface area contributed by atoms with Gasteiger partial charge >= 0.3 is 0 Å². The zero-order chi connectivity index (χ0) is 23.5. The Kier molecular flexibility index (Phi) is 5.95. The first-order valence-electron chi connectivity index (χ1n) is 11.1. The van der Waals surface area contributed by atoms with Gasteiger partial charge in [-0.05, 0) is 61.4 Å². The van der Waals surface area contributed by atoms with Crippen LogP contribution >= 0.6 is 0 Å². The third-order valence-corrected chi connectivity index (χ3v) is 5.33. The number of pyridine rings is 1. The van der Waals surface area contributed by atoms with E-state index in [4.69, 9.17) is 14.5 Å². The van der Waals surface area contributed by atoms with Crippen molar-refractivity contribution >= 4 is 11.2 Å². The fraction of sp³-hybridized carbons (Fsp3) is 0.143. The van der Waals surface area contributed by atoms with Gasteiger partial charge in [0.25, 0.3) is 0 Å². The van der Waals surface area contributed by atoms with E-state index in [0.29, 0.717) is 23.8 Å². The van der Waals surface area contributed by atoms with Gasteiger partial charge in [-0.25, -0.2) is 14.4 Å². The van der Waals surface area contributed by atoms with Crippen molar-refractivity contribution in [1.29, 1.82) is 0 Å². The highest BCUT2D eigenvalue weighted by atomic mass is 19.1. The summed E-state index contributed by atoms with van der Waals surface area (Å²) in [6.45, 7) is 4.44. The maximum Gasteiger partial charge on any atom is 0.178 e. The topological polar surface area (TPSA) is 60.0 Å². The third-order valence-electron chi connectivity index (χ3n) is 5.33. The molecule has 170 valence electrons. The van der Waals surface area contributed by atoms with Crippen LogP contribution in [0.1, 0.15) is 19.4 Å². The van der Waals surface area contributed by atoms with Crippen molar-refractivity contribution in [2.24, 2.45) is 0 Å². The van der Waals surface area contributed by atoms with Crippen LogP contribution in [0.5, 0.6) is 11.5 Å². The van der Waals surface area contributed by atoms with Crippen LogP contribution in [0, 0.1) is 5.82 Å². The second-order valence-electron chi connectivity index (χ2n) is 8.29. The first kappa shape index (κ1) is 21.6. The lowest BCUT2D eigenvalue weighted by Gasteiger charge is -2.15. The normalized spacial score (nSPS) is 11.2. The first-order valence-corrected chi connectivity index (χ1v) is 11.1. The van der Waals surface area contributed by atoms with Gasteiger partial charge in [-0.3, -0.25) is 0 Å². The van der Waals surface area contributed by atoms with E-state index in [9.17, 15) is 4.39 Å². The van der Waals surface area contributed by atoms with E-state index in [1.54, 1.807) is 18.3 Å². The lowest BCUT2D eigenvalue weighted by Crippen LogP contribution is -2.07. The Labute approximate surface area is 197 Å². The zero-order valence-corrected chi connectivity index (χ0v) is 19.0. The molecule has 3 aromatic carbocycles. The highest BCUT2D eigenvalue weighted by Gasteiger charge is 2.15. The molecular formula is C28H24FN3O2. The van der Waals surface area contributed by atoms with Gasteiger partial charge in [0.15, 0.2) is 5.65 Å². The minimum absolute atomic E-state index is 0.00224. The van der Waals surface area contributed by atoms with Crippen molar-refractivity contribution in [1.82, 2.24) is 15.0 Å². The molecule has 0 bridgehead atoms. The molecule has 0 amide bonds. The fourth-order valence-corrected chi connectivity index (χ4v) is 3.71. The molecule has 0 spiro atoms. The standard InChI is InChI=1S/C28H24FN3O2/c1-18(2)34-26-13-12-23(33-17-19-6-4-3-5-7-19)15-24(26)27-31-25-14-21(16-30-28(25)32-27)20-8-10-22(29)11-9-20/h3-16,18H,17H2,1-2H3,(H,30,31,32). The number of ether oxygens (including phenoxy) is 2. The Hall–Kier alpha value is -4.19. The van der Waals surface area contributed by atoms with Crippen LogP contribution in [0.3, 0.4) is 0 Å². The van der Waals surface area contributed by atoms with Gasteiger partial charge in [-0.15, -0.1) is 0 Å². The Balaban J connectivity index is 1.49. The molecule has 34 heavy (non-hydrogen) atoms. The van der Waals surface area contributed by atoms with Crippen molar-refractivity contribution < 1.29 is 13.9 Å². The maximum atomic E-state index is 13.3. The summed E-state index contributed by atoms with van der Waals surface area (Å²) in [5.41, 5.74) is 5.01. The number of hydrogen-bond acceptors (Lipinski definition) is 4. The molecule has 0 saturated heterocycles. The number of fused-ring (bicyclic) bond motifs is 1. The van der Waals surface area contributed by atoms with Crippen LogP contribution in [0.4, 0.5) is 4.39 Å². The molecule has 0 aliphatic carbocycles. The van der Waals surface area contributed by atoms with Gasteiger partial charge in [0.1, 0.15) is 29.7 Å². The summed E-state index contributed by atoms with van der Waals surface area (Å²) in [6.07, 6.45) is 1.74. The molecule has 0 saturated carbocycles. The van der Waals surface area contributed by atoms with Crippen molar-refractivity contribution in [3.8, 4) is 34.0 Å². The molecule has 0 aliphatic rings. The average molecular weight is 454 g/mol. The van der Waals surface area contributed by atoms with Crippen molar-refractivity contribution in [3.05, 3.63) is 96.4 Å². The van der Waals surface area contributed by atoms with Crippen LogP contribution in [0.15, 0.2) is 85.1 Å². The Morgan fingerprint density at radius 3 is 2.47 bits per heavy atom. The number of hydrogen-bond donors (Lipinski definition) is 1. The number of aromatic nitrogens is 3. The van der Waals surface area contributed by atoms with Gasteiger partial charge in [0.2, 0.25) is 0 Å². The lowest BCUT2D eigenvalue weighted by molar-refractivity contribution is 0.242. The van der Waals surface area contributed by atoms with Gasteiger partial charge in [-0.1, -0.05) is 42.5 Å². The highest BCUT2D eigenvalue weighted by molar-refractivity contribution is 5.82. The molecule has 1 N–H and O–H groups in total. The van der Waals surface area contributed by atoms with Crippen LogP contribution in [0.2, 0.25) is 0 Å². The van der Waals surface area contributed by atoms with Gasteiger partial charge in [-0.2, -0.15) is 0 Å². The van der Waals surface area contributed by atoms with E-state index in [0.717, 1.165) is 33.5 Å². The van der Waals surface area contributed by atoms with Gasteiger partial charge in [0, 0.05) is 11.8 Å².